The van der Waals surface area contributed by atoms with E-state index >= 15 is 0 Å². The Morgan fingerprint density at radius 1 is 1.27 bits per heavy atom. The molecule has 0 amide bonds. The molecule has 0 aliphatic rings. The highest BCUT2D eigenvalue weighted by Crippen LogP contribution is 2.26. The molecule has 5 heteroatoms. The van der Waals surface area contributed by atoms with Crippen LogP contribution in [0.15, 0.2) is 47.6 Å². The summed E-state index contributed by atoms with van der Waals surface area (Å²) in [6.45, 7) is 7.55. The Morgan fingerprint density at radius 3 is 2.69 bits per heavy atom. The van der Waals surface area contributed by atoms with Crippen molar-refractivity contribution in [2.24, 2.45) is 0 Å². The molecule has 0 saturated heterocycles. The molecule has 0 aliphatic carbocycles. The van der Waals surface area contributed by atoms with Crippen LogP contribution in [0, 0.1) is 6.92 Å². The van der Waals surface area contributed by atoms with E-state index in [-0.39, 0.29) is 0 Å². The van der Waals surface area contributed by atoms with Crippen molar-refractivity contribution in [3.8, 4) is 11.3 Å². The van der Waals surface area contributed by atoms with E-state index in [2.05, 4.69) is 24.4 Å². The van der Waals surface area contributed by atoms with Crippen molar-refractivity contribution < 1.29 is 4.79 Å². The van der Waals surface area contributed by atoms with E-state index in [1.165, 1.54) is 5.56 Å². The molecule has 0 fully saturated rings. The minimum Gasteiger partial charge on any atom is -0.318 e. The van der Waals surface area contributed by atoms with Gasteiger partial charge in [0, 0.05) is 18.5 Å². The van der Waals surface area contributed by atoms with Crippen molar-refractivity contribution in [3.05, 3.63) is 58.8 Å². The van der Waals surface area contributed by atoms with E-state index < -0.39 is 0 Å². The lowest BCUT2D eigenvalue weighted by Gasteiger charge is -2.06. The minimum absolute atomic E-state index is 0.620. The first kappa shape index (κ1) is 19.8. The molecule has 1 N–H and O–H groups in total. The number of carbonyl (C=O) groups is 1. The summed E-state index contributed by atoms with van der Waals surface area (Å²) >= 11 is 0. The number of aromatic nitrogens is 3. The number of aldehydes is 1. The number of carbonyl (C=O) groups excluding carboxylic acids is 1. The first-order valence-corrected chi connectivity index (χ1v) is 9.00. The van der Waals surface area contributed by atoms with Crippen LogP contribution >= 0.6 is 0 Å². The monoisotopic (exact) mass is 352 g/mol. The summed E-state index contributed by atoms with van der Waals surface area (Å²) in [6, 6.07) is 8.20. The lowest BCUT2D eigenvalue weighted by Crippen LogP contribution is -2.16. The van der Waals surface area contributed by atoms with Crippen LogP contribution in [0.4, 0.5) is 0 Å². The number of aryl methyl sites for hydroxylation is 1. The fourth-order valence-electron chi connectivity index (χ4n) is 2.79. The topological polar surface area (TPSA) is 59.8 Å². The second-order valence-corrected chi connectivity index (χ2v) is 6.38. The molecular weight excluding hydrogens is 324 g/mol. The maximum Gasteiger partial charge on any atom is 0.146 e. The number of rotatable bonds is 9. The fourth-order valence-corrected chi connectivity index (χ4v) is 2.79. The van der Waals surface area contributed by atoms with Gasteiger partial charge < -0.3 is 5.32 Å². The van der Waals surface area contributed by atoms with Gasteiger partial charge in [0.2, 0.25) is 0 Å². The Labute approximate surface area is 155 Å². The summed E-state index contributed by atoms with van der Waals surface area (Å²) in [4.78, 5) is 13.2. The number of nitrogens with zero attached hydrogens (tertiary/aromatic N) is 3. The summed E-state index contributed by atoms with van der Waals surface area (Å²) in [5, 5.41) is 12.5. The molecule has 0 atom stereocenters. The number of benzene rings is 1. The lowest BCUT2D eigenvalue weighted by molar-refractivity contribution is -0.105. The Hall–Kier alpha value is -2.53. The molecule has 5 nitrogen and oxygen atoms in total. The molecule has 26 heavy (non-hydrogen) atoms. The highest BCUT2D eigenvalue weighted by atomic mass is 16.1. The van der Waals surface area contributed by atoms with Crippen molar-refractivity contribution in [2.75, 3.05) is 13.6 Å². The van der Waals surface area contributed by atoms with E-state index in [1.54, 1.807) is 4.80 Å². The van der Waals surface area contributed by atoms with Gasteiger partial charge in [0.15, 0.2) is 0 Å². The van der Waals surface area contributed by atoms with Gasteiger partial charge >= 0.3 is 0 Å². The molecule has 0 unspecified atom stereocenters. The van der Waals surface area contributed by atoms with Crippen LogP contribution in [-0.4, -0.2) is 34.9 Å². The van der Waals surface area contributed by atoms with Crippen LogP contribution < -0.4 is 5.32 Å². The van der Waals surface area contributed by atoms with Crippen molar-refractivity contribution in [2.45, 2.75) is 40.2 Å². The second-order valence-electron chi connectivity index (χ2n) is 6.38. The third-order valence-corrected chi connectivity index (χ3v) is 4.38. The third kappa shape index (κ3) is 4.99. The summed E-state index contributed by atoms with van der Waals surface area (Å²) < 4.78 is 0. The van der Waals surface area contributed by atoms with Gasteiger partial charge in [-0.05, 0) is 45.4 Å². The Kier molecular flexibility index (Phi) is 7.48. The Morgan fingerprint density at radius 2 is 2.04 bits per heavy atom. The van der Waals surface area contributed by atoms with Crippen molar-refractivity contribution >= 4 is 6.29 Å². The van der Waals surface area contributed by atoms with Gasteiger partial charge in [-0.15, -0.1) is 0 Å². The van der Waals surface area contributed by atoms with Crippen LogP contribution in [0.5, 0.6) is 0 Å². The average molecular weight is 352 g/mol. The number of nitrogens with one attached hydrogen (secondary N) is 1. The van der Waals surface area contributed by atoms with Gasteiger partial charge in [0.05, 0.1) is 12.2 Å². The van der Waals surface area contributed by atoms with E-state index in [0.717, 1.165) is 40.9 Å². The normalized spacial score (nSPS) is 12.5. The predicted octanol–water partition coefficient (Wildman–Crippen LogP) is 3.50. The van der Waals surface area contributed by atoms with Crippen molar-refractivity contribution in [1.82, 2.24) is 20.3 Å². The lowest BCUT2D eigenvalue weighted by atomic mass is 9.98. The molecule has 2 rings (SSSR count). The molecule has 0 aliphatic heterocycles. The smallest absolute Gasteiger partial charge is 0.146 e. The number of hydrogen-bond acceptors (Lipinski definition) is 4. The standard InChI is InChI=1S/C21H28N4O/c1-5-6-10-18(15-26)17(3)14-20-21(19-11-8-7-9-16(19)2)24-25(23-20)13-12-22-4/h5-9,11,15,22H,10,12-14H2,1-4H3/b6-5-,18-17-. The first-order valence-electron chi connectivity index (χ1n) is 9.00. The Balaban J connectivity index is 2.42. The maximum atomic E-state index is 11.5. The molecular formula is C21H28N4O. The van der Waals surface area contributed by atoms with Gasteiger partial charge in [-0.2, -0.15) is 15.0 Å². The summed E-state index contributed by atoms with van der Waals surface area (Å²) in [6.07, 6.45) is 6.19. The predicted molar refractivity (Wildman–Crippen MR) is 106 cm³/mol. The van der Waals surface area contributed by atoms with Gasteiger partial charge in [-0.25, -0.2) is 0 Å². The molecule has 138 valence electrons. The van der Waals surface area contributed by atoms with Crippen LogP contribution in [0.2, 0.25) is 0 Å². The number of hydrogen-bond donors (Lipinski definition) is 1. The maximum absolute atomic E-state index is 11.5. The van der Waals surface area contributed by atoms with Crippen molar-refractivity contribution in [3.63, 3.8) is 0 Å². The van der Waals surface area contributed by atoms with Crippen LogP contribution in [-0.2, 0) is 17.8 Å². The SMILES string of the molecule is C/C=C\C/C(C=O)=C(\C)Cc1nn(CCNC)nc1-c1ccccc1C. The van der Waals surface area contributed by atoms with Crippen LogP contribution in [0.1, 0.15) is 31.5 Å². The highest BCUT2D eigenvalue weighted by Gasteiger charge is 2.16. The largest absolute Gasteiger partial charge is 0.318 e. The summed E-state index contributed by atoms with van der Waals surface area (Å²) in [5.41, 5.74) is 5.91. The first-order chi connectivity index (χ1) is 12.6. The summed E-state index contributed by atoms with van der Waals surface area (Å²) in [5.74, 6) is 0. The van der Waals surface area contributed by atoms with E-state index in [1.807, 2.05) is 45.2 Å². The van der Waals surface area contributed by atoms with Gasteiger partial charge in [0.25, 0.3) is 0 Å². The minimum atomic E-state index is 0.620. The molecule has 0 spiro atoms. The third-order valence-electron chi connectivity index (χ3n) is 4.38. The zero-order valence-corrected chi connectivity index (χ0v) is 16.1. The average Bonchev–Trinajstić information content (AvgIpc) is 3.03. The van der Waals surface area contributed by atoms with Crippen LogP contribution in [0.25, 0.3) is 11.3 Å². The molecule has 0 bridgehead atoms. The molecule has 1 aromatic heterocycles. The highest BCUT2D eigenvalue weighted by molar-refractivity contribution is 5.75. The molecule has 1 heterocycles. The quantitative estimate of drug-likeness (QED) is 0.426. The second kappa shape index (κ2) is 9.82. The zero-order valence-electron chi connectivity index (χ0n) is 16.1. The van der Waals surface area contributed by atoms with Gasteiger partial charge in [0.1, 0.15) is 12.0 Å². The fraction of sp³-hybridized carbons (Fsp3) is 0.381. The van der Waals surface area contributed by atoms with Gasteiger partial charge in [-0.3, -0.25) is 4.79 Å². The molecule has 2 aromatic rings. The molecule has 0 radical (unpaired) electrons. The number of allylic oxidation sites excluding steroid dienone is 4. The van der Waals surface area contributed by atoms with E-state index in [4.69, 9.17) is 10.2 Å². The summed E-state index contributed by atoms with van der Waals surface area (Å²) in [7, 11) is 1.91. The Bertz CT molecular complexity index is 802. The van der Waals surface area contributed by atoms with E-state index in [0.29, 0.717) is 19.4 Å². The van der Waals surface area contributed by atoms with Crippen molar-refractivity contribution in [1.29, 1.82) is 0 Å². The zero-order chi connectivity index (χ0) is 18.9. The van der Waals surface area contributed by atoms with Gasteiger partial charge in [-0.1, -0.05) is 42.0 Å². The molecule has 1 aromatic carbocycles. The molecule has 0 saturated carbocycles. The van der Waals surface area contributed by atoms with Crippen LogP contribution in [0.3, 0.4) is 0 Å². The number of likely N-dealkylation sites (N-methyl/N-ethyl adjacent to an activating group) is 1. The van der Waals surface area contributed by atoms with E-state index in [9.17, 15) is 4.79 Å².